The molecule has 0 unspecified atom stereocenters. The summed E-state index contributed by atoms with van der Waals surface area (Å²) < 4.78 is 58.5. The number of H-pyrrole nitrogens is 1. The predicted molar refractivity (Wildman–Crippen MR) is 57.7 cm³/mol. The van der Waals surface area contributed by atoms with E-state index in [9.17, 15) is 26.4 Å². The van der Waals surface area contributed by atoms with E-state index in [-0.39, 0.29) is 12.1 Å². The van der Waals surface area contributed by atoms with Crippen molar-refractivity contribution in [2.24, 2.45) is 5.14 Å². The van der Waals surface area contributed by atoms with Gasteiger partial charge in [0, 0.05) is 0 Å². The van der Waals surface area contributed by atoms with Crippen LogP contribution in [0.3, 0.4) is 0 Å². The maximum Gasteiger partial charge on any atom is 0.405 e. The average molecular weight is 300 g/mol. The molecule has 1 amide bonds. The Bertz CT molecular complexity index is 579. The van der Waals surface area contributed by atoms with Crippen molar-refractivity contribution in [2.75, 3.05) is 6.54 Å². The highest BCUT2D eigenvalue weighted by molar-refractivity contribution is 7.89. The van der Waals surface area contributed by atoms with Crippen LogP contribution in [0.15, 0.2) is 4.90 Å². The van der Waals surface area contributed by atoms with Crippen LogP contribution in [-0.4, -0.2) is 37.2 Å². The van der Waals surface area contributed by atoms with E-state index in [0.717, 1.165) is 0 Å². The minimum Gasteiger partial charge on any atom is -0.341 e. The van der Waals surface area contributed by atoms with Crippen molar-refractivity contribution in [3.63, 3.8) is 0 Å². The molecule has 0 saturated heterocycles. The Hall–Kier alpha value is -1.62. The van der Waals surface area contributed by atoms with Gasteiger partial charge in [0.1, 0.15) is 11.4 Å². The molecule has 108 valence electrons. The van der Waals surface area contributed by atoms with E-state index in [4.69, 9.17) is 5.14 Å². The second-order valence-electron chi connectivity index (χ2n) is 3.58. The van der Waals surface area contributed by atoms with Crippen LogP contribution in [0.1, 0.15) is 23.1 Å². The number of alkyl halides is 3. The Balaban J connectivity index is 3.08. The average Bonchev–Trinajstić information content (AvgIpc) is 2.68. The highest BCUT2D eigenvalue weighted by atomic mass is 32.2. The Kier molecular flexibility index (Phi) is 4.20. The molecule has 19 heavy (non-hydrogen) atoms. The van der Waals surface area contributed by atoms with Gasteiger partial charge in [-0.2, -0.15) is 18.3 Å². The molecule has 0 aromatic carbocycles. The number of aromatic nitrogens is 2. The lowest BCUT2D eigenvalue weighted by Gasteiger charge is -2.07. The normalized spacial score (nSPS) is 12.5. The molecular formula is C8H11F3N4O3S. The first-order valence-corrected chi connectivity index (χ1v) is 6.56. The zero-order valence-corrected chi connectivity index (χ0v) is 10.5. The smallest absolute Gasteiger partial charge is 0.341 e. The zero-order valence-electron chi connectivity index (χ0n) is 9.71. The van der Waals surface area contributed by atoms with Crippen LogP contribution in [0.4, 0.5) is 13.2 Å². The van der Waals surface area contributed by atoms with Gasteiger partial charge in [0.2, 0.25) is 10.0 Å². The summed E-state index contributed by atoms with van der Waals surface area (Å²) in [5.41, 5.74) is -0.622. The van der Waals surface area contributed by atoms with E-state index >= 15 is 0 Å². The van der Waals surface area contributed by atoms with Crippen LogP contribution in [-0.2, 0) is 16.4 Å². The number of aryl methyl sites for hydroxylation is 1. The number of nitrogens with one attached hydrogen (secondary N) is 2. The van der Waals surface area contributed by atoms with Crippen molar-refractivity contribution < 1.29 is 26.4 Å². The third-order valence-corrected chi connectivity index (χ3v) is 3.10. The van der Waals surface area contributed by atoms with Gasteiger partial charge >= 0.3 is 6.18 Å². The molecule has 0 fully saturated rings. The highest BCUT2D eigenvalue weighted by Gasteiger charge is 2.31. The number of sulfonamides is 1. The van der Waals surface area contributed by atoms with E-state index < -0.39 is 39.2 Å². The van der Waals surface area contributed by atoms with Crippen molar-refractivity contribution >= 4 is 15.9 Å². The molecule has 7 nitrogen and oxygen atoms in total. The Morgan fingerprint density at radius 1 is 1.47 bits per heavy atom. The third kappa shape index (κ3) is 3.92. The van der Waals surface area contributed by atoms with Crippen LogP contribution in [0.2, 0.25) is 0 Å². The fraction of sp³-hybridized carbons (Fsp3) is 0.500. The van der Waals surface area contributed by atoms with Crippen molar-refractivity contribution in [3.8, 4) is 0 Å². The summed E-state index contributed by atoms with van der Waals surface area (Å²) in [6.07, 6.45) is -4.44. The molecular weight excluding hydrogens is 289 g/mol. The van der Waals surface area contributed by atoms with E-state index in [0.29, 0.717) is 0 Å². The highest BCUT2D eigenvalue weighted by Crippen LogP contribution is 2.18. The van der Waals surface area contributed by atoms with Gasteiger partial charge in [0.25, 0.3) is 5.91 Å². The van der Waals surface area contributed by atoms with E-state index in [2.05, 4.69) is 10.2 Å². The monoisotopic (exact) mass is 300 g/mol. The predicted octanol–water partition coefficient (Wildman–Crippen LogP) is -0.0884. The standard InChI is InChI=1S/C8H11F3N4O3S/c1-2-4-6(19(12,17)18)5(15-14-4)7(16)13-3-8(9,10)11/h2-3H2,1H3,(H,13,16)(H,14,15)(H2,12,17,18). The van der Waals surface area contributed by atoms with Crippen LogP contribution >= 0.6 is 0 Å². The number of nitrogens with two attached hydrogens (primary N) is 1. The summed E-state index contributed by atoms with van der Waals surface area (Å²) in [4.78, 5) is 10.9. The minimum atomic E-state index is -4.61. The van der Waals surface area contributed by atoms with E-state index in [1.807, 2.05) is 0 Å². The van der Waals surface area contributed by atoms with Gasteiger partial charge in [-0.15, -0.1) is 0 Å². The summed E-state index contributed by atoms with van der Waals surface area (Å²) in [5, 5.41) is 12.1. The van der Waals surface area contributed by atoms with Crippen LogP contribution < -0.4 is 10.5 Å². The second kappa shape index (κ2) is 5.17. The van der Waals surface area contributed by atoms with E-state index in [1.165, 1.54) is 5.32 Å². The number of carbonyl (C=O) groups is 1. The minimum absolute atomic E-state index is 0.0552. The molecule has 0 aliphatic carbocycles. The van der Waals surface area contributed by atoms with Gasteiger partial charge in [-0.05, 0) is 6.42 Å². The number of halogens is 3. The Morgan fingerprint density at radius 2 is 2.05 bits per heavy atom. The summed E-state index contributed by atoms with van der Waals surface area (Å²) in [5.74, 6) is -1.27. The van der Waals surface area contributed by atoms with Gasteiger partial charge < -0.3 is 5.32 Å². The molecule has 1 rings (SSSR count). The fourth-order valence-electron chi connectivity index (χ4n) is 1.33. The van der Waals surface area contributed by atoms with Gasteiger partial charge in [-0.1, -0.05) is 6.92 Å². The van der Waals surface area contributed by atoms with Crippen molar-refractivity contribution in [1.82, 2.24) is 15.5 Å². The van der Waals surface area contributed by atoms with Crippen LogP contribution in [0.5, 0.6) is 0 Å². The molecule has 0 aliphatic heterocycles. The number of aromatic amines is 1. The zero-order chi connectivity index (χ0) is 14.8. The number of nitrogens with zero attached hydrogens (tertiary/aromatic N) is 1. The van der Waals surface area contributed by atoms with Gasteiger partial charge in [-0.25, -0.2) is 13.6 Å². The Morgan fingerprint density at radius 3 is 2.47 bits per heavy atom. The molecule has 4 N–H and O–H groups in total. The first-order valence-electron chi connectivity index (χ1n) is 5.01. The van der Waals surface area contributed by atoms with Gasteiger partial charge in [-0.3, -0.25) is 9.89 Å². The SMILES string of the molecule is CCc1[nH]nc(C(=O)NCC(F)(F)F)c1S(N)(=O)=O. The molecule has 11 heteroatoms. The first-order chi connectivity index (χ1) is 8.56. The molecule has 0 aliphatic rings. The number of hydrogen-bond donors (Lipinski definition) is 3. The van der Waals surface area contributed by atoms with Crippen LogP contribution in [0.25, 0.3) is 0 Å². The van der Waals surface area contributed by atoms with Crippen molar-refractivity contribution in [3.05, 3.63) is 11.4 Å². The third-order valence-electron chi connectivity index (χ3n) is 2.09. The van der Waals surface area contributed by atoms with Gasteiger partial charge in [0.05, 0.1) is 5.69 Å². The molecule has 0 atom stereocenters. The lowest BCUT2D eigenvalue weighted by atomic mass is 10.3. The Labute approximate surface area is 106 Å². The summed E-state index contributed by atoms with van der Waals surface area (Å²) in [6.45, 7) is -0.0240. The van der Waals surface area contributed by atoms with Gasteiger partial charge in [0.15, 0.2) is 5.69 Å². The van der Waals surface area contributed by atoms with Crippen molar-refractivity contribution in [2.45, 2.75) is 24.4 Å². The summed E-state index contributed by atoms with van der Waals surface area (Å²) in [6, 6.07) is 0. The van der Waals surface area contributed by atoms with Crippen molar-refractivity contribution in [1.29, 1.82) is 0 Å². The maximum absolute atomic E-state index is 12.0. The molecule has 0 bridgehead atoms. The topological polar surface area (TPSA) is 118 Å². The lowest BCUT2D eigenvalue weighted by molar-refractivity contribution is -0.123. The van der Waals surface area contributed by atoms with E-state index in [1.54, 1.807) is 6.92 Å². The second-order valence-corrected chi connectivity index (χ2v) is 5.07. The van der Waals surface area contributed by atoms with Crippen LogP contribution in [0, 0.1) is 0 Å². The fourth-order valence-corrected chi connectivity index (χ4v) is 2.27. The summed E-state index contributed by atoms with van der Waals surface area (Å²) >= 11 is 0. The number of primary sulfonamides is 1. The number of carbonyl (C=O) groups excluding carboxylic acids is 1. The summed E-state index contributed by atoms with van der Waals surface area (Å²) in [7, 11) is -4.27. The maximum atomic E-state index is 12.0. The number of rotatable bonds is 4. The quantitative estimate of drug-likeness (QED) is 0.720. The lowest BCUT2D eigenvalue weighted by Crippen LogP contribution is -2.35. The molecule has 0 radical (unpaired) electrons. The molecule has 1 aromatic heterocycles. The molecule has 0 spiro atoms. The number of amides is 1. The number of hydrogen-bond acceptors (Lipinski definition) is 4. The largest absolute Gasteiger partial charge is 0.405 e. The molecule has 1 heterocycles. The molecule has 0 saturated carbocycles. The molecule has 1 aromatic rings. The first kappa shape index (κ1) is 15.4.